The summed E-state index contributed by atoms with van der Waals surface area (Å²) in [5, 5.41) is 14.1. The molecule has 0 aromatic rings. The monoisotopic (exact) mass is 1130 g/mol. The number of carbonyl (C=O) groups excluding carboxylic acids is 1. The third kappa shape index (κ3) is 63.1. The number of quaternary nitrogens is 1. The summed E-state index contributed by atoms with van der Waals surface area (Å²) in [6.45, 7) is 4.80. The zero-order chi connectivity index (χ0) is 57.7. The van der Waals surface area contributed by atoms with Gasteiger partial charge in [-0.25, -0.2) is 4.57 Å². The van der Waals surface area contributed by atoms with Gasteiger partial charge in [0.05, 0.1) is 39.9 Å². The van der Waals surface area contributed by atoms with Gasteiger partial charge in [-0.1, -0.05) is 311 Å². The van der Waals surface area contributed by atoms with Gasteiger partial charge in [-0.3, -0.25) is 13.8 Å². The maximum Gasteiger partial charge on any atom is 0.472 e. The summed E-state index contributed by atoms with van der Waals surface area (Å²) in [5.74, 6) is -0.142. The Hall–Kier alpha value is -2.32. The Morgan fingerprint density at radius 1 is 0.443 bits per heavy atom. The minimum absolute atomic E-state index is 0.0744. The summed E-state index contributed by atoms with van der Waals surface area (Å²) < 4.78 is 23.8. The van der Waals surface area contributed by atoms with Crippen LogP contribution in [0.4, 0.5) is 0 Å². The van der Waals surface area contributed by atoms with Gasteiger partial charge in [0.1, 0.15) is 13.2 Å². The van der Waals surface area contributed by atoms with Gasteiger partial charge in [-0.2, -0.15) is 0 Å². The highest BCUT2D eigenvalue weighted by Crippen LogP contribution is 2.43. The Kier molecular flexibility index (Phi) is 58.5. The number of carbonyl (C=O) groups is 1. The first-order valence-corrected chi connectivity index (χ1v) is 34.9. The zero-order valence-corrected chi connectivity index (χ0v) is 53.5. The number of nitrogens with one attached hydrogen (secondary N) is 1. The molecule has 0 aliphatic carbocycles. The Balaban J connectivity index is 3.93. The molecule has 3 unspecified atom stereocenters. The van der Waals surface area contributed by atoms with Crippen LogP contribution >= 0.6 is 7.82 Å². The second-order valence-corrected chi connectivity index (χ2v) is 25.3. The predicted molar refractivity (Wildman–Crippen MR) is 346 cm³/mol. The van der Waals surface area contributed by atoms with Crippen molar-refractivity contribution in [1.29, 1.82) is 0 Å². The first kappa shape index (κ1) is 76.7. The van der Waals surface area contributed by atoms with Crippen molar-refractivity contribution in [3.63, 3.8) is 0 Å². The van der Waals surface area contributed by atoms with Crippen molar-refractivity contribution in [1.82, 2.24) is 5.32 Å². The molecule has 0 aromatic heterocycles. The number of aliphatic hydroxyl groups is 1. The molecule has 0 saturated heterocycles. The van der Waals surface area contributed by atoms with E-state index >= 15 is 0 Å². The SMILES string of the molecule is CC/C=C\C/C=C\C/C=C\C/C=C\C/C=C\C/C=C\C/C=C\CCCCCCCCCCCCCCCCCCCCCC(=O)NC(COP(=O)(O)OCC[N+](C)(C)C)C(O)CCCCCCCCCCCCCCCCCC. The molecular formula is C70H130N2O6P+. The zero-order valence-electron chi connectivity index (χ0n) is 52.6. The molecule has 9 heteroatoms. The number of hydrogen-bond acceptors (Lipinski definition) is 5. The van der Waals surface area contributed by atoms with Gasteiger partial charge in [-0.15, -0.1) is 0 Å². The van der Waals surface area contributed by atoms with Crippen LogP contribution in [0.25, 0.3) is 0 Å². The molecule has 1 amide bonds. The van der Waals surface area contributed by atoms with Crippen molar-refractivity contribution >= 4 is 13.7 Å². The first-order valence-electron chi connectivity index (χ1n) is 33.5. The molecule has 0 rings (SSSR count). The van der Waals surface area contributed by atoms with E-state index in [1.54, 1.807) is 0 Å². The fourth-order valence-corrected chi connectivity index (χ4v) is 10.5. The van der Waals surface area contributed by atoms with Crippen LogP contribution in [-0.4, -0.2) is 73.4 Å². The van der Waals surface area contributed by atoms with Crippen LogP contribution in [0.1, 0.15) is 303 Å². The van der Waals surface area contributed by atoms with E-state index in [2.05, 4.69) is 104 Å². The van der Waals surface area contributed by atoms with Crippen molar-refractivity contribution in [2.75, 3.05) is 40.9 Å². The number of phosphoric ester groups is 1. The fraction of sp³-hybridized carbons (Fsp3) is 0.786. The average molecular weight is 1130 g/mol. The molecule has 0 spiro atoms. The minimum atomic E-state index is -4.33. The molecule has 0 aliphatic rings. The van der Waals surface area contributed by atoms with E-state index in [0.717, 1.165) is 83.5 Å². The van der Waals surface area contributed by atoms with Crippen molar-refractivity contribution in [3.05, 3.63) is 85.1 Å². The Labute approximate surface area is 490 Å². The largest absolute Gasteiger partial charge is 0.472 e. The van der Waals surface area contributed by atoms with Gasteiger partial charge in [0.15, 0.2) is 0 Å². The number of amides is 1. The lowest BCUT2D eigenvalue weighted by atomic mass is 10.0. The average Bonchev–Trinajstić information content (AvgIpc) is 3.42. The summed E-state index contributed by atoms with van der Waals surface area (Å²) >= 11 is 0. The molecule has 3 atom stereocenters. The van der Waals surface area contributed by atoms with E-state index in [1.807, 2.05) is 21.1 Å². The second-order valence-electron chi connectivity index (χ2n) is 23.8. The van der Waals surface area contributed by atoms with Crippen LogP contribution in [0.3, 0.4) is 0 Å². The molecule has 0 aliphatic heterocycles. The van der Waals surface area contributed by atoms with Crippen molar-refractivity contribution in [2.24, 2.45) is 0 Å². The third-order valence-corrected chi connectivity index (χ3v) is 15.9. The van der Waals surface area contributed by atoms with E-state index in [1.165, 1.54) is 193 Å². The molecule has 460 valence electrons. The number of allylic oxidation sites excluding steroid dienone is 14. The van der Waals surface area contributed by atoms with Crippen LogP contribution in [0.5, 0.6) is 0 Å². The Morgan fingerprint density at radius 3 is 1.11 bits per heavy atom. The summed E-state index contributed by atoms with van der Waals surface area (Å²) in [6, 6.07) is -0.762. The number of hydrogen-bond donors (Lipinski definition) is 3. The van der Waals surface area contributed by atoms with Crippen LogP contribution < -0.4 is 5.32 Å². The van der Waals surface area contributed by atoms with Crippen molar-refractivity contribution in [3.8, 4) is 0 Å². The molecule has 0 bridgehead atoms. The highest BCUT2D eigenvalue weighted by Gasteiger charge is 2.28. The summed E-state index contributed by atoms with van der Waals surface area (Å²) in [7, 11) is 1.62. The van der Waals surface area contributed by atoms with Gasteiger partial charge >= 0.3 is 7.82 Å². The first-order chi connectivity index (χ1) is 38.5. The molecule has 0 fully saturated rings. The van der Waals surface area contributed by atoms with Gasteiger partial charge in [0.2, 0.25) is 5.91 Å². The molecule has 0 saturated carbocycles. The lowest BCUT2D eigenvalue weighted by Gasteiger charge is -2.26. The number of aliphatic hydroxyl groups excluding tert-OH is 1. The quantitative estimate of drug-likeness (QED) is 0.0243. The molecule has 79 heavy (non-hydrogen) atoms. The molecule has 0 radical (unpaired) electrons. The van der Waals surface area contributed by atoms with Crippen LogP contribution in [-0.2, 0) is 18.4 Å². The molecule has 3 N–H and O–H groups in total. The van der Waals surface area contributed by atoms with Crippen molar-refractivity contribution in [2.45, 2.75) is 315 Å². The number of rotatable bonds is 61. The molecular weight excluding hydrogens is 996 g/mol. The van der Waals surface area contributed by atoms with Crippen LogP contribution in [0.15, 0.2) is 85.1 Å². The molecule has 8 nitrogen and oxygen atoms in total. The summed E-state index contributed by atoms with van der Waals surface area (Å²) in [4.78, 5) is 23.4. The van der Waals surface area contributed by atoms with Gasteiger partial charge in [-0.05, 0) is 70.6 Å². The van der Waals surface area contributed by atoms with Gasteiger partial charge in [0.25, 0.3) is 0 Å². The maximum atomic E-state index is 13.0. The minimum Gasteiger partial charge on any atom is -0.391 e. The number of likely N-dealkylation sites (N-methyl/N-ethyl adjacent to an activating group) is 1. The number of nitrogens with zero attached hydrogens (tertiary/aromatic N) is 1. The molecule has 0 aromatic carbocycles. The van der Waals surface area contributed by atoms with Crippen LogP contribution in [0.2, 0.25) is 0 Å². The smallest absolute Gasteiger partial charge is 0.391 e. The van der Waals surface area contributed by atoms with E-state index < -0.39 is 20.0 Å². The highest BCUT2D eigenvalue weighted by atomic mass is 31.2. The molecule has 0 heterocycles. The lowest BCUT2D eigenvalue weighted by Crippen LogP contribution is -2.46. The normalized spacial score (nSPS) is 14.3. The number of phosphoric acid groups is 1. The van der Waals surface area contributed by atoms with E-state index in [0.29, 0.717) is 23.9 Å². The van der Waals surface area contributed by atoms with Gasteiger partial charge < -0.3 is 19.8 Å². The number of unbranched alkanes of at least 4 members (excludes halogenated alkanes) is 34. The topological polar surface area (TPSA) is 105 Å². The second kappa shape index (κ2) is 60.3. The van der Waals surface area contributed by atoms with E-state index in [9.17, 15) is 19.4 Å². The lowest BCUT2D eigenvalue weighted by molar-refractivity contribution is -0.870. The van der Waals surface area contributed by atoms with Crippen LogP contribution in [0, 0.1) is 0 Å². The summed E-state index contributed by atoms with van der Waals surface area (Å²) in [5.41, 5.74) is 0. The predicted octanol–water partition coefficient (Wildman–Crippen LogP) is 21.2. The Morgan fingerprint density at radius 2 is 0.759 bits per heavy atom. The standard InChI is InChI=1S/C70H129N2O6P/c1-6-8-10-12-14-16-18-20-22-24-25-26-27-28-29-30-31-32-33-34-35-36-37-38-39-40-41-42-43-44-45-46-47-48-50-52-54-56-58-60-62-64-70(74)71-68(67-78-79(75,76)77-66-65-72(3,4)5)69(73)63-61-59-57-55-53-51-49-23-21-19-17-15-13-11-9-7-2/h8,10,14,16,20,22,25-26,28-29,31-32,34-35,68-69,73H,6-7,9,11-13,15,17-19,21,23-24,27,30,33,36-67H2,1-5H3,(H-,71,74,75,76)/p+1/b10-8-,16-14-,22-20-,26-25-,29-28-,32-31-,35-34-. The van der Waals surface area contributed by atoms with E-state index in [4.69, 9.17) is 9.05 Å². The third-order valence-electron chi connectivity index (χ3n) is 14.9. The highest BCUT2D eigenvalue weighted by molar-refractivity contribution is 7.47. The maximum absolute atomic E-state index is 13.0. The van der Waals surface area contributed by atoms with Gasteiger partial charge in [0, 0.05) is 6.42 Å². The summed E-state index contributed by atoms with van der Waals surface area (Å²) in [6.07, 6.45) is 85.3. The van der Waals surface area contributed by atoms with Crippen molar-refractivity contribution < 1.29 is 32.9 Å². The van der Waals surface area contributed by atoms with E-state index in [-0.39, 0.29) is 19.1 Å². The fourth-order valence-electron chi connectivity index (χ4n) is 9.74. The Bertz CT molecular complexity index is 1560.